The van der Waals surface area contributed by atoms with Crippen molar-refractivity contribution in [3.63, 3.8) is 0 Å². The summed E-state index contributed by atoms with van der Waals surface area (Å²) in [5, 5.41) is 0. The molecule has 1 aromatic carbocycles. The van der Waals surface area contributed by atoms with E-state index in [1.54, 1.807) is 21.9 Å². The molecule has 5 heteroatoms. The van der Waals surface area contributed by atoms with E-state index in [1.165, 1.54) is 12.1 Å². The van der Waals surface area contributed by atoms with Gasteiger partial charge in [0.25, 0.3) is 0 Å². The molecule has 1 atom stereocenters. The quantitative estimate of drug-likeness (QED) is 0.836. The van der Waals surface area contributed by atoms with Crippen molar-refractivity contribution < 1.29 is 14.0 Å². The van der Waals surface area contributed by atoms with Crippen LogP contribution in [0.1, 0.15) is 24.8 Å². The van der Waals surface area contributed by atoms with Gasteiger partial charge in [-0.3, -0.25) is 9.59 Å². The van der Waals surface area contributed by atoms with Gasteiger partial charge in [-0.05, 0) is 37.0 Å². The summed E-state index contributed by atoms with van der Waals surface area (Å²) >= 11 is 0. The molecule has 118 valence electrons. The lowest BCUT2D eigenvalue weighted by atomic mass is 9.78. The van der Waals surface area contributed by atoms with Gasteiger partial charge in [-0.2, -0.15) is 0 Å². The first-order valence-corrected chi connectivity index (χ1v) is 7.78. The maximum atomic E-state index is 13.2. The number of benzene rings is 1. The number of amides is 2. The Morgan fingerprint density at radius 3 is 2.82 bits per heavy atom. The number of carbonyl (C=O) groups excluding carboxylic acids is 2. The molecule has 0 bridgehead atoms. The molecule has 4 nitrogen and oxygen atoms in total. The lowest BCUT2D eigenvalue weighted by molar-refractivity contribution is -0.142. The fourth-order valence-corrected chi connectivity index (χ4v) is 3.65. The second-order valence-electron chi connectivity index (χ2n) is 6.48. The zero-order chi connectivity index (χ0) is 15.7. The van der Waals surface area contributed by atoms with E-state index in [4.69, 9.17) is 0 Å². The molecule has 2 aliphatic rings. The van der Waals surface area contributed by atoms with Crippen molar-refractivity contribution in [2.75, 3.05) is 26.7 Å². The first kappa shape index (κ1) is 15.0. The Morgan fingerprint density at radius 2 is 2.14 bits per heavy atom. The van der Waals surface area contributed by atoms with E-state index in [2.05, 4.69) is 0 Å². The number of carbonyl (C=O) groups is 2. The molecular weight excluding hydrogens is 283 g/mol. The van der Waals surface area contributed by atoms with Crippen LogP contribution in [0.4, 0.5) is 4.39 Å². The third-order valence-electron chi connectivity index (χ3n) is 4.90. The van der Waals surface area contributed by atoms with Gasteiger partial charge in [-0.1, -0.05) is 12.1 Å². The molecule has 0 saturated carbocycles. The summed E-state index contributed by atoms with van der Waals surface area (Å²) in [6, 6.07) is 6.14. The van der Waals surface area contributed by atoms with Crippen LogP contribution < -0.4 is 0 Å². The molecule has 2 amide bonds. The van der Waals surface area contributed by atoms with Crippen LogP contribution in [-0.2, 0) is 16.0 Å². The van der Waals surface area contributed by atoms with Gasteiger partial charge in [0.15, 0.2) is 0 Å². The Hall–Kier alpha value is -1.91. The molecule has 0 aliphatic carbocycles. The van der Waals surface area contributed by atoms with E-state index in [1.807, 2.05) is 7.05 Å². The lowest BCUT2D eigenvalue weighted by Crippen LogP contribution is -2.49. The van der Waals surface area contributed by atoms with Gasteiger partial charge in [0.05, 0.1) is 11.8 Å². The molecule has 0 unspecified atom stereocenters. The molecule has 2 fully saturated rings. The Bertz CT molecular complexity index is 600. The van der Waals surface area contributed by atoms with Gasteiger partial charge in [0, 0.05) is 26.7 Å². The summed E-state index contributed by atoms with van der Waals surface area (Å²) < 4.78 is 13.2. The minimum Gasteiger partial charge on any atom is -0.345 e. The topological polar surface area (TPSA) is 40.6 Å². The number of likely N-dealkylation sites (tertiary alicyclic amines) is 2. The fraction of sp³-hybridized carbons (Fsp3) is 0.529. The summed E-state index contributed by atoms with van der Waals surface area (Å²) in [4.78, 5) is 28.4. The highest BCUT2D eigenvalue weighted by Crippen LogP contribution is 2.39. The van der Waals surface area contributed by atoms with Crippen molar-refractivity contribution in [3.8, 4) is 0 Å². The van der Waals surface area contributed by atoms with E-state index in [-0.39, 0.29) is 29.5 Å². The Morgan fingerprint density at radius 1 is 1.32 bits per heavy atom. The normalized spacial score (nSPS) is 25.1. The van der Waals surface area contributed by atoms with E-state index < -0.39 is 0 Å². The van der Waals surface area contributed by atoms with Gasteiger partial charge in [-0.15, -0.1) is 0 Å². The Kier molecular flexibility index (Phi) is 3.89. The standard InChI is InChI=1S/C17H21FN2O2/c1-19-9-7-17(16(19)22)6-3-8-20(12-17)15(21)11-13-4-2-5-14(18)10-13/h2,4-5,10H,3,6-9,11-12H2,1H3/t17-/m1/s1. The molecule has 2 heterocycles. The number of halogens is 1. The number of nitrogens with zero attached hydrogens (tertiary/aromatic N) is 2. The fourth-order valence-electron chi connectivity index (χ4n) is 3.65. The molecule has 0 N–H and O–H groups in total. The van der Waals surface area contributed by atoms with Crippen LogP contribution in [-0.4, -0.2) is 48.3 Å². The van der Waals surface area contributed by atoms with Crippen LogP contribution in [0.25, 0.3) is 0 Å². The van der Waals surface area contributed by atoms with Gasteiger partial charge < -0.3 is 9.80 Å². The van der Waals surface area contributed by atoms with Crippen LogP contribution in [0, 0.1) is 11.2 Å². The van der Waals surface area contributed by atoms with Crippen molar-refractivity contribution in [1.29, 1.82) is 0 Å². The van der Waals surface area contributed by atoms with E-state index in [0.29, 0.717) is 18.7 Å². The molecule has 2 saturated heterocycles. The number of piperidine rings is 1. The molecule has 22 heavy (non-hydrogen) atoms. The minimum absolute atomic E-state index is 0.0213. The molecule has 0 radical (unpaired) electrons. The lowest BCUT2D eigenvalue weighted by Gasteiger charge is -2.39. The third kappa shape index (κ3) is 2.72. The van der Waals surface area contributed by atoms with E-state index in [9.17, 15) is 14.0 Å². The van der Waals surface area contributed by atoms with Crippen LogP contribution in [0.2, 0.25) is 0 Å². The Balaban J connectivity index is 1.69. The molecular formula is C17H21FN2O2. The van der Waals surface area contributed by atoms with Gasteiger partial charge in [0.2, 0.25) is 11.8 Å². The third-order valence-corrected chi connectivity index (χ3v) is 4.90. The summed E-state index contributed by atoms with van der Waals surface area (Å²) in [5.41, 5.74) is 0.296. The van der Waals surface area contributed by atoms with Crippen molar-refractivity contribution in [3.05, 3.63) is 35.6 Å². The van der Waals surface area contributed by atoms with Crippen LogP contribution in [0.5, 0.6) is 0 Å². The summed E-state index contributed by atoms with van der Waals surface area (Å²) in [5.74, 6) is -0.184. The average Bonchev–Trinajstić information content (AvgIpc) is 2.76. The van der Waals surface area contributed by atoms with Crippen molar-refractivity contribution >= 4 is 11.8 Å². The summed E-state index contributed by atoms with van der Waals surface area (Å²) in [7, 11) is 1.82. The van der Waals surface area contributed by atoms with Crippen LogP contribution >= 0.6 is 0 Å². The molecule has 1 aromatic rings. The highest BCUT2D eigenvalue weighted by molar-refractivity contribution is 5.86. The zero-order valence-electron chi connectivity index (χ0n) is 12.8. The maximum absolute atomic E-state index is 13.2. The SMILES string of the molecule is CN1CC[C@@]2(CCCN(C(=O)Cc3cccc(F)c3)C2)C1=O. The number of hydrogen-bond acceptors (Lipinski definition) is 2. The van der Waals surface area contributed by atoms with Crippen molar-refractivity contribution in [2.24, 2.45) is 5.41 Å². The number of hydrogen-bond donors (Lipinski definition) is 0. The second-order valence-corrected chi connectivity index (χ2v) is 6.48. The second kappa shape index (κ2) is 5.71. The Labute approximate surface area is 129 Å². The molecule has 1 spiro atoms. The summed E-state index contributed by atoms with van der Waals surface area (Å²) in [6.45, 7) is 1.96. The maximum Gasteiger partial charge on any atom is 0.230 e. The molecule has 2 aliphatic heterocycles. The highest BCUT2D eigenvalue weighted by Gasteiger charge is 2.48. The molecule has 0 aromatic heterocycles. The van der Waals surface area contributed by atoms with Crippen molar-refractivity contribution in [1.82, 2.24) is 9.80 Å². The highest BCUT2D eigenvalue weighted by atomic mass is 19.1. The number of rotatable bonds is 2. The monoisotopic (exact) mass is 304 g/mol. The first-order valence-electron chi connectivity index (χ1n) is 7.78. The minimum atomic E-state index is -0.384. The predicted octanol–water partition coefficient (Wildman–Crippen LogP) is 1.84. The van der Waals surface area contributed by atoms with Gasteiger partial charge in [-0.25, -0.2) is 4.39 Å². The van der Waals surface area contributed by atoms with Gasteiger partial charge in [0.1, 0.15) is 5.82 Å². The smallest absolute Gasteiger partial charge is 0.230 e. The zero-order valence-corrected chi connectivity index (χ0v) is 12.8. The first-order chi connectivity index (χ1) is 10.5. The summed E-state index contributed by atoms with van der Waals surface area (Å²) in [6.07, 6.45) is 2.73. The molecule has 3 rings (SSSR count). The van der Waals surface area contributed by atoms with Gasteiger partial charge >= 0.3 is 0 Å². The van der Waals surface area contributed by atoms with E-state index >= 15 is 0 Å². The van der Waals surface area contributed by atoms with E-state index in [0.717, 1.165) is 25.8 Å². The van der Waals surface area contributed by atoms with Crippen LogP contribution in [0.3, 0.4) is 0 Å². The largest absolute Gasteiger partial charge is 0.345 e. The average molecular weight is 304 g/mol. The van der Waals surface area contributed by atoms with Crippen LogP contribution in [0.15, 0.2) is 24.3 Å². The predicted molar refractivity (Wildman–Crippen MR) is 80.6 cm³/mol. The van der Waals surface area contributed by atoms with Crippen molar-refractivity contribution in [2.45, 2.75) is 25.7 Å².